The topological polar surface area (TPSA) is 110 Å². The van der Waals surface area contributed by atoms with Crippen molar-refractivity contribution in [1.82, 2.24) is 10.6 Å². The highest BCUT2D eigenvalue weighted by Gasteiger charge is 2.16. The predicted molar refractivity (Wildman–Crippen MR) is 109 cm³/mol. The van der Waals surface area contributed by atoms with Crippen molar-refractivity contribution in [2.24, 2.45) is 11.5 Å². The number of thiophene rings is 1. The molecule has 1 unspecified atom stereocenters. The van der Waals surface area contributed by atoms with Gasteiger partial charge in [0, 0.05) is 35.8 Å². The zero-order valence-corrected chi connectivity index (χ0v) is 16.1. The van der Waals surface area contributed by atoms with Crippen molar-refractivity contribution < 1.29 is 9.59 Å². The van der Waals surface area contributed by atoms with Gasteiger partial charge in [-0.25, -0.2) is 0 Å². The largest absolute Gasteiger partial charge is 0.354 e. The molecule has 0 aliphatic rings. The summed E-state index contributed by atoms with van der Waals surface area (Å²) in [6.45, 7) is 1.29. The summed E-state index contributed by atoms with van der Waals surface area (Å²) < 4.78 is 1.06. The molecule has 136 valence electrons. The second kappa shape index (κ2) is 10.7. The Balaban J connectivity index is 1.70. The van der Waals surface area contributed by atoms with Crippen LogP contribution in [-0.2, 0) is 4.79 Å². The fourth-order valence-corrected chi connectivity index (χ4v) is 4.73. The number of benzene rings is 1. The van der Waals surface area contributed by atoms with Gasteiger partial charge in [-0.3, -0.25) is 9.59 Å². The molecule has 1 heterocycles. The van der Waals surface area contributed by atoms with Gasteiger partial charge in [0.05, 0.1) is 4.88 Å². The van der Waals surface area contributed by atoms with Crippen LogP contribution in [0.5, 0.6) is 0 Å². The highest BCUT2D eigenvalue weighted by molar-refractivity contribution is 8.76. The zero-order chi connectivity index (χ0) is 18.1. The number of hydrogen-bond acceptors (Lipinski definition) is 7. The Hall–Kier alpha value is -1.26. The lowest BCUT2D eigenvalue weighted by molar-refractivity contribution is -0.122. The second-order valence-electron chi connectivity index (χ2n) is 5.19. The number of hydrogen-bond donors (Lipinski definition) is 4. The molecule has 0 fully saturated rings. The molecule has 6 nitrogen and oxygen atoms in total. The molecule has 0 spiro atoms. The molecule has 1 aromatic heterocycles. The molecule has 0 radical (unpaired) electrons. The van der Waals surface area contributed by atoms with Gasteiger partial charge < -0.3 is 22.1 Å². The van der Waals surface area contributed by atoms with Gasteiger partial charge in [-0.2, -0.15) is 0 Å². The fourth-order valence-electron chi connectivity index (χ4n) is 1.99. The number of nitrogens with two attached hydrogens (primary N) is 2. The van der Waals surface area contributed by atoms with Crippen LogP contribution >= 0.6 is 32.9 Å². The van der Waals surface area contributed by atoms with Crippen molar-refractivity contribution in [1.29, 1.82) is 0 Å². The van der Waals surface area contributed by atoms with E-state index >= 15 is 0 Å². The Morgan fingerprint density at radius 2 is 1.92 bits per heavy atom. The normalized spacial score (nSPS) is 12.1. The molecule has 25 heavy (non-hydrogen) atoms. The fraction of sp³-hybridized carbons (Fsp3) is 0.375. The molecular weight excluding hydrogens is 376 g/mol. The van der Waals surface area contributed by atoms with Gasteiger partial charge in [0.1, 0.15) is 6.04 Å². The van der Waals surface area contributed by atoms with Gasteiger partial charge in [-0.15, -0.1) is 11.3 Å². The van der Waals surface area contributed by atoms with E-state index in [1.165, 1.54) is 11.3 Å². The maximum Gasteiger partial charge on any atom is 0.261 e. The van der Waals surface area contributed by atoms with Gasteiger partial charge in [0.15, 0.2) is 0 Å². The summed E-state index contributed by atoms with van der Waals surface area (Å²) in [6.07, 6.45) is 0. The lowest BCUT2D eigenvalue weighted by atomic mass is 10.2. The van der Waals surface area contributed by atoms with Crippen LogP contribution < -0.4 is 22.1 Å². The zero-order valence-electron chi connectivity index (χ0n) is 13.7. The number of carbonyl (C=O) groups is 2. The molecule has 0 aliphatic heterocycles. The minimum atomic E-state index is -0.764. The van der Waals surface area contributed by atoms with Crippen molar-refractivity contribution in [3.63, 3.8) is 0 Å². The molecule has 2 aromatic rings. The van der Waals surface area contributed by atoms with E-state index in [0.29, 0.717) is 18.0 Å². The molecule has 6 N–H and O–H groups in total. The summed E-state index contributed by atoms with van der Waals surface area (Å²) in [5, 5.41) is 6.52. The van der Waals surface area contributed by atoms with Crippen LogP contribution in [0.2, 0.25) is 0 Å². The Labute approximate surface area is 158 Å². The second-order valence-corrected chi connectivity index (χ2v) is 8.97. The maximum absolute atomic E-state index is 12.2. The third-order valence-corrected chi connectivity index (χ3v) is 6.79. The molecule has 0 aliphatic carbocycles. The van der Waals surface area contributed by atoms with Gasteiger partial charge in [-0.1, -0.05) is 39.8 Å². The summed E-state index contributed by atoms with van der Waals surface area (Å²) >= 11 is 1.42. The van der Waals surface area contributed by atoms with E-state index in [2.05, 4.69) is 10.6 Å². The molecule has 1 aromatic carbocycles. The first-order valence-corrected chi connectivity index (χ1v) is 11.2. The minimum absolute atomic E-state index is 0.105. The average Bonchev–Trinajstić information content (AvgIpc) is 3.06. The Kier molecular flexibility index (Phi) is 8.56. The van der Waals surface area contributed by atoms with E-state index in [9.17, 15) is 9.59 Å². The van der Waals surface area contributed by atoms with E-state index in [4.69, 9.17) is 11.5 Å². The highest BCUT2D eigenvalue weighted by Crippen LogP contribution is 2.25. The van der Waals surface area contributed by atoms with E-state index in [1.54, 1.807) is 21.6 Å². The molecule has 9 heteroatoms. The average molecular weight is 399 g/mol. The van der Waals surface area contributed by atoms with Crippen molar-refractivity contribution in [2.75, 3.05) is 31.1 Å². The summed E-state index contributed by atoms with van der Waals surface area (Å²) in [6, 6.07) is 8.89. The van der Waals surface area contributed by atoms with Gasteiger partial charge in [0.2, 0.25) is 5.91 Å². The third kappa shape index (κ3) is 6.52. The standard InChI is InChI=1S/C16H22N4O2S3/c17-5-7-23-24-8-6-19-15(21)12(18)10-20-16(22)14-9-11-3-1-2-4-13(11)25-14/h1-4,9,12H,5-8,10,17-18H2,(H,19,21)(H,20,22). The molecule has 0 saturated carbocycles. The minimum Gasteiger partial charge on any atom is -0.354 e. The Bertz CT molecular complexity index is 674. The Morgan fingerprint density at radius 3 is 2.68 bits per heavy atom. The number of fused-ring (bicyclic) bond motifs is 1. The van der Waals surface area contributed by atoms with Crippen molar-refractivity contribution >= 4 is 54.8 Å². The summed E-state index contributed by atoms with van der Waals surface area (Å²) in [5.74, 6) is 1.21. The van der Waals surface area contributed by atoms with Gasteiger partial charge in [-0.05, 0) is 17.5 Å². The molecule has 0 bridgehead atoms. The lowest BCUT2D eigenvalue weighted by Gasteiger charge is -2.12. The van der Waals surface area contributed by atoms with Crippen LogP contribution in [0.25, 0.3) is 10.1 Å². The van der Waals surface area contributed by atoms with Crippen LogP contribution in [0.15, 0.2) is 30.3 Å². The van der Waals surface area contributed by atoms with Crippen LogP contribution in [-0.4, -0.2) is 49.0 Å². The van der Waals surface area contributed by atoms with Gasteiger partial charge >= 0.3 is 0 Å². The monoisotopic (exact) mass is 398 g/mol. The number of carbonyl (C=O) groups excluding carboxylic acids is 2. The van der Waals surface area contributed by atoms with E-state index in [-0.39, 0.29) is 18.4 Å². The van der Waals surface area contributed by atoms with E-state index in [0.717, 1.165) is 21.6 Å². The van der Waals surface area contributed by atoms with E-state index in [1.807, 2.05) is 30.3 Å². The predicted octanol–water partition coefficient (Wildman–Crippen LogP) is 1.41. The first kappa shape index (κ1) is 20.1. The Morgan fingerprint density at radius 1 is 1.16 bits per heavy atom. The van der Waals surface area contributed by atoms with Crippen LogP contribution in [0.4, 0.5) is 0 Å². The molecule has 0 saturated heterocycles. The highest BCUT2D eigenvalue weighted by atomic mass is 33.1. The summed E-state index contributed by atoms with van der Waals surface area (Å²) in [5.41, 5.74) is 11.2. The summed E-state index contributed by atoms with van der Waals surface area (Å²) in [4.78, 5) is 24.7. The smallest absolute Gasteiger partial charge is 0.261 e. The quantitative estimate of drug-likeness (QED) is 0.356. The van der Waals surface area contributed by atoms with Crippen molar-refractivity contribution in [3.8, 4) is 0 Å². The molecular formula is C16H22N4O2S3. The maximum atomic E-state index is 12.2. The molecule has 2 rings (SSSR count). The van der Waals surface area contributed by atoms with Crippen LogP contribution in [0.1, 0.15) is 9.67 Å². The third-order valence-electron chi connectivity index (χ3n) is 3.24. The van der Waals surface area contributed by atoms with Crippen molar-refractivity contribution in [2.45, 2.75) is 6.04 Å². The first-order valence-electron chi connectivity index (χ1n) is 7.86. The summed E-state index contributed by atoms with van der Waals surface area (Å²) in [7, 11) is 3.34. The number of rotatable bonds is 10. The number of nitrogens with one attached hydrogen (secondary N) is 2. The molecule has 2 amide bonds. The molecule has 1 atom stereocenters. The number of amides is 2. The first-order chi connectivity index (χ1) is 12.1. The van der Waals surface area contributed by atoms with Gasteiger partial charge in [0.25, 0.3) is 5.91 Å². The van der Waals surface area contributed by atoms with E-state index < -0.39 is 6.04 Å². The van der Waals surface area contributed by atoms with Crippen molar-refractivity contribution in [3.05, 3.63) is 35.2 Å². The van der Waals surface area contributed by atoms with Crippen LogP contribution in [0.3, 0.4) is 0 Å². The van der Waals surface area contributed by atoms with Crippen LogP contribution in [0, 0.1) is 0 Å². The SMILES string of the molecule is NCCSSCCNC(=O)C(N)CNC(=O)c1cc2ccccc2s1. The lowest BCUT2D eigenvalue weighted by Crippen LogP contribution is -2.48.